The van der Waals surface area contributed by atoms with Crippen molar-refractivity contribution in [3.8, 4) is 11.4 Å². The largest absolute Gasteiger partial charge is 0.454 e. The highest BCUT2D eigenvalue weighted by Gasteiger charge is 2.29. The van der Waals surface area contributed by atoms with Crippen LogP contribution in [-0.2, 0) is 0 Å². The number of para-hydroxylation sites is 7. The molecule has 1 aliphatic heterocycles. The molecule has 0 saturated carbocycles. The Labute approximate surface area is 263 Å². The third-order valence-electron chi connectivity index (χ3n) is 9.80. The minimum Gasteiger partial charge on any atom is -0.454 e. The molecule has 0 saturated heterocycles. The topological polar surface area (TPSA) is 26.2 Å². The first-order chi connectivity index (χ1) is 22.8. The van der Waals surface area contributed by atoms with Crippen molar-refractivity contribution in [2.45, 2.75) is 0 Å². The number of rotatable bonds is 2. The standard InChI is InChI=1S/C42H25N3O/c1-2-12-26(13-3-1)43-34-19-7-8-20-35(34)45-39-25-38-31(24-32(39)29-16-10-21-36(43)41(29)45)27-14-4-6-18-33(27)44(38)37-22-11-17-30-28-15-5-9-23-40(28)46-42(30)37/h1-25H. The molecular weight excluding hydrogens is 562 g/mol. The minimum absolute atomic E-state index is 0.902. The predicted octanol–water partition coefficient (Wildman–Crippen LogP) is 11.6. The lowest BCUT2D eigenvalue weighted by atomic mass is 10.1. The van der Waals surface area contributed by atoms with Crippen molar-refractivity contribution in [2.75, 3.05) is 4.90 Å². The van der Waals surface area contributed by atoms with Gasteiger partial charge in [0.05, 0.1) is 44.8 Å². The summed E-state index contributed by atoms with van der Waals surface area (Å²) in [5.74, 6) is 0. The summed E-state index contributed by atoms with van der Waals surface area (Å²) in [7, 11) is 0. The number of aromatic nitrogens is 2. The third-order valence-corrected chi connectivity index (χ3v) is 9.80. The Morgan fingerprint density at radius 3 is 1.89 bits per heavy atom. The first kappa shape index (κ1) is 24.1. The zero-order valence-corrected chi connectivity index (χ0v) is 24.7. The number of furan rings is 1. The van der Waals surface area contributed by atoms with E-state index in [0.29, 0.717) is 0 Å². The molecule has 4 nitrogen and oxygen atoms in total. The Morgan fingerprint density at radius 1 is 0.370 bits per heavy atom. The highest BCUT2D eigenvalue weighted by Crippen LogP contribution is 2.50. The number of hydrogen-bond donors (Lipinski definition) is 0. The highest BCUT2D eigenvalue weighted by atomic mass is 16.3. The Kier molecular flexibility index (Phi) is 4.55. The zero-order chi connectivity index (χ0) is 29.9. The summed E-state index contributed by atoms with van der Waals surface area (Å²) in [5, 5.41) is 7.22. The van der Waals surface area contributed by atoms with E-state index in [1.54, 1.807) is 0 Å². The number of hydrogen-bond acceptors (Lipinski definition) is 2. The molecule has 10 aromatic rings. The van der Waals surface area contributed by atoms with Crippen LogP contribution in [0.4, 0.5) is 17.1 Å². The Balaban J connectivity index is 1.30. The second-order valence-electron chi connectivity index (χ2n) is 12.2. The lowest BCUT2D eigenvalue weighted by Crippen LogP contribution is -2.17. The maximum atomic E-state index is 6.58. The van der Waals surface area contributed by atoms with Crippen LogP contribution in [0.15, 0.2) is 156 Å². The zero-order valence-electron chi connectivity index (χ0n) is 24.7. The highest BCUT2D eigenvalue weighted by molar-refractivity contribution is 6.22. The molecule has 11 rings (SSSR count). The molecule has 0 fully saturated rings. The van der Waals surface area contributed by atoms with Crippen molar-refractivity contribution in [3.63, 3.8) is 0 Å². The van der Waals surface area contributed by atoms with Crippen LogP contribution in [0.5, 0.6) is 0 Å². The molecule has 4 heteroatoms. The van der Waals surface area contributed by atoms with Crippen LogP contribution in [0.1, 0.15) is 0 Å². The number of benzene rings is 7. The molecule has 7 aromatic carbocycles. The van der Waals surface area contributed by atoms with Gasteiger partial charge in [-0.1, -0.05) is 91.0 Å². The quantitative estimate of drug-likeness (QED) is 0.201. The molecule has 0 radical (unpaired) electrons. The van der Waals surface area contributed by atoms with Crippen LogP contribution in [0, 0.1) is 0 Å². The van der Waals surface area contributed by atoms with Gasteiger partial charge in [-0.2, -0.15) is 0 Å². The molecule has 0 bridgehead atoms. The summed E-state index contributed by atoms with van der Waals surface area (Å²) >= 11 is 0. The molecular formula is C42H25N3O. The molecule has 0 unspecified atom stereocenters. The van der Waals surface area contributed by atoms with Crippen LogP contribution in [-0.4, -0.2) is 9.13 Å². The van der Waals surface area contributed by atoms with Gasteiger partial charge in [0, 0.05) is 38.0 Å². The summed E-state index contributed by atoms with van der Waals surface area (Å²) in [4.78, 5) is 2.40. The molecule has 0 spiro atoms. The average molecular weight is 588 g/mol. The summed E-state index contributed by atoms with van der Waals surface area (Å²) in [6.07, 6.45) is 0. The van der Waals surface area contributed by atoms with E-state index in [1.807, 2.05) is 6.07 Å². The van der Waals surface area contributed by atoms with Crippen molar-refractivity contribution in [1.29, 1.82) is 0 Å². The van der Waals surface area contributed by atoms with Crippen molar-refractivity contribution < 1.29 is 4.42 Å². The van der Waals surface area contributed by atoms with Gasteiger partial charge in [-0.15, -0.1) is 0 Å². The number of fused-ring (bicyclic) bond motifs is 11. The molecule has 0 atom stereocenters. The maximum absolute atomic E-state index is 6.58. The summed E-state index contributed by atoms with van der Waals surface area (Å²) in [6.45, 7) is 0. The van der Waals surface area contributed by atoms with E-state index < -0.39 is 0 Å². The van der Waals surface area contributed by atoms with Gasteiger partial charge in [-0.3, -0.25) is 0 Å². The van der Waals surface area contributed by atoms with Gasteiger partial charge in [-0.05, 0) is 60.7 Å². The van der Waals surface area contributed by atoms with E-state index in [1.165, 1.54) is 49.6 Å². The molecule has 3 aromatic heterocycles. The molecule has 4 heterocycles. The van der Waals surface area contributed by atoms with Gasteiger partial charge < -0.3 is 18.5 Å². The molecule has 214 valence electrons. The van der Waals surface area contributed by atoms with Crippen LogP contribution in [0.2, 0.25) is 0 Å². The van der Waals surface area contributed by atoms with Crippen molar-refractivity contribution in [3.05, 3.63) is 152 Å². The van der Waals surface area contributed by atoms with Crippen molar-refractivity contribution in [1.82, 2.24) is 9.13 Å². The third kappa shape index (κ3) is 2.98. The lowest BCUT2D eigenvalue weighted by molar-refractivity contribution is 0.666. The van der Waals surface area contributed by atoms with Crippen LogP contribution < -0.4 is 4.90 Å². The van der Waals surface area contributed by atoms with E-state index in [2.05, 4.69) is 160 Å². The van der Waals surface area contributed by atoms with E-state index in [-0.39, 0.29) is 0 Å². The smallest absolute Gasteiger partial charge is 0.159 e. The molecule has 1 aliphatic rings. The normalized spacial score (nSPS) is 12.7. The second kappa shape index (κ2) is 8.68. The second-order valence-corrected chi connectivity index (χ2v) is 12.2. The SMILES string of the molecule is c1ccc(N2c3ccccc3-n3c4cc5c(cc4c4cccc2c43)c2ccccc2n5-c2cccc3c2oc2ccccc23)cc1. The monoisotopic (exact) mass is 587 g/mol. The first-order valence-corrected chi connectivity index (χ1v) is 15.7. The van der Waals surface area contributed by atoms with E-state index >= 15 is 0 Å². The Hall–Kier alpha value is -6.26. The summed E-state index contributed by atoms with van der Waals surface area (Å²) < 4.78 is 11.4. The van der Waals surface area contributed by atoms with E-state index in [4.69, 9.17) is 4.42 Å². The molecule has 46 heavy (non-hydrogen) atoms. The Morgan fingerprint density at radius 2 is 1.00 bits per heavy atom. The van der Waals surface area contributed by atoms with Crippen molar-refractivity contribution >= 4 is 82.6 Å². The fourth-order valence-electron chi connectivity index (χ4n) is 7.93. The van der Waals surface area contributed by atoms with Gasteiger partial charge >= 0.3 is 0 Å². The average Bonchev–Trinajstić information content (AvgIpc) is 3.76. The fraction of sp³-hybridized carbons (Fsp3) is 0. The van der Waals surface area contributed by atoms with Gasteiger partial charge in [-0.25, -0.2) is 0 Å². The molecule has 0 amide bonds. The maximum Gasteiger partial charge on any atom is 0.159 e. The minimum atomic E-state index is 0.902. The van der Waals surface area contributed by atoms with Crippen LogP contribution in [0.3, 0.4) is 0 Å². The molecule has 0 aliphatic carbocycles. The van der Waals surface area contributed by atoms with E-state index in [0.717, 1.165) is 44.3 Å². The predicted molar refractivity (Wildman–Crippen MR) is 191 cm³/mol. The summed E-state index contributed by atoms with van der Waals surface area (Å²) in [6, 6.07) is 54.5. The van der Waals surface area contributed by atoms with Gasteiger partial charge in [0.25, 0.3) is 0 Å². The Bertz CT molecular complexity index is 2870. The van der Waals surface area contributed by atoms with E-state index in [9.17, 15) is 0 Å². The van der Waals surface area contributed by atoms with Gasteiger partial charge in [0.15, 0.2) is 5.58 Å². The number of anilines is 3. The van der Waals surface area contributed by atoms with Gasteiger partial charge in [0.1, 0.15) is 5.58 Å². The molecule has 0 N–H and O–H groups in total. The number of nitrogens with zero attached hydrogens (tertiary/aromatic N) is 3. The summed E-state index contributed by atoms with van der Waals surface area (Å²) in [5.41, 5.74) is 12.3. The fourth-order valence-corrected chi connectivity index (χ4v) is 7.93. The van der Waals surface area contributed by atoms with Crippen LogP contribution in [0.25, 0.3) is 76.9 Å². The van der Waals surface area contributed by atoms with Crippen molar-refractivity contribution in [2.24, 2.45) is 0 Å². The first-order valence-electron chi connectivity index (χ1n) is 15.7. The van der Waals surface area contributed by atoms with Gasteiger partial charge in [0.2, 0.25) is 0 Å². The lowest BCUT2D eigenvalue weighted by Gasteiger charge is -2.33. The van der Waals surface area contributed by atoms with Crippen LogP contribution >= 0.6 is 0 Å².